The zero-order valence-corrected chi connectivity index (χ0v) is 14.4. The van der Waals surface area contributed by atoms with Crippen LogP contribution in [0, 0.1) is 5.82 Å². The number of thiophene rings is 1. The fraction of sp³-hybridized carbons (Fsp3) is 0.231. The van der Waals surface area contributed by atoms with Crippen LogP contribution in [0.2, 0.25) is 0 Å². The first-order valence-corrected chi connectivity index (χ1v) is 9.29. The Morgan fingerprint density at radius 1 is 1.48 bits per heavy atom. The van der Waals surface area contributed by atoms with Crippen LogP contribution < -0.4 is 10.5 Å². The van der Waals surface area contributed by atoms with Gasteiger partial charge in [-0.1, -0.05) is 0 Å². The van der Waals surface area contributed by atoms with Crippen LogP contribution in [0.15, 0.2) is 38.3 Å². The van der Waals surface area contributed by atoms with Gasteiger partial charge in [0.25, 0.3) is 0 Å². The van der Waals surface area contributed by atoms with Gasteiger partial charge in [0.05, 0.1) is 10.2 Å². The number of anilines is 1. The van der Waals surface area contributed by atoms with Crippen LogP contribution in [-0.4, -0.2) is 14.5 Å². The van der Waals surface area contributed by atoms with Gasteiger partial charge in [-0.05, 0) is 63.8 Å². The Morgan fingerprint density at radius 3 is 2.81 bits per heavy atom. The minimum Gasteiger partial charge on any atom is -0.398 e. The summed E-state index contributed by atoms with van der Waals surface area (Å²) < 4.78 is 40.6. The molecule has 0 spiro atoms. The SMILES string of the molecule is CC(Cc1ccsc1)NS(=O)(=O)c1cc(Br)c(F)cc1N. The predicted octanol–water partition coefficient (Wildman–Crippen LogP) is 3.14. The van der Waals surface area contributed by atoms with Crippen LogP contribution in [0.1, 0.15) is 12.5 Å². The smallest absolute Gasteiger partial charge is 0.242 e. The Morgan fingerprint density at radius 2 is 2.19 bits per heavy atom. The minimum absolute atomic E-state index is 0.0579. The summed E-state index contributed by atoms with van der Waals surface area (Å²) in [6, 6.07) is 3.80. The van der Waals surface area contributed by atoms with Gasteiger partial charge in [-0.3, -0.25) is 0 Å². The van der Waals surface area contributed by atoms with E-state index in [4.69, 9.17) is 5.73 Å². The van der Waals surface area contributed by atoms with Crippen molar-refractivity contribution >= 4 is 43.0 Å². The van der Waals surface area contributed by atoms with Gasteiger partial charge in [-0.2, -0.15) is 11.3 Å². The largest absolute Gasteiger partial charge is 0.398 e. The van der Waals surface area contributed by atoms with Gasteiger partial charge in [0.2, 0.25) is 10.0 Å². The first kappa shape index (κ1) is 16.4. The van der Waals surface area contributed by atoms with Gasteiger partial charge in [0, 0.05) is 6.04 Å². The lowest BCUT2D eigenvalue weighted by Gasteiger charge is -2.15. The highest BCUT2D eigenvalue weighted by Crippen LogP contribution is 2.26. The van der Waals surface area contributed by atoms with Gasteiger partial charge in [-0.15, -0.1) is 0 Å². The van der Waals surface area contributed by atoms with Crippen LogP contribution in [0.25, 0.3) is 0 Å². The summed E-state index contributed by atoms with van der Waals surface area (Å²) in [7, 11) is -3.80. The third-order valence-electron chi connectivity index (χ3n) is 2.82. The number of nitrogens with two attached hydrogens (primary N) is 1. The highest BCUT2D eigenvalue weighted by Gasteiger charge is 2.22. The standard InChI is InChI=1S/C13H14BrFN2O2S2/c1-8(4-9-2-3-20-7-9)17-21(18,19)13-5-10(14)11(15)6-12(13)16/h2-3,5-8,17H,4,16H2,1H3. The summed E-state index contributed by atoms with van der Waals surface area (Å²) in [4.78, 5) is -0.132. The summed E-state index contributed by atoms with van der Waals surface area (Å²) in [5, 5.41) is 3.90. The summed E-state index contributed by atoms with van der Waals surface area (Å²) in [5.74, 6) is -0.599. The van der Waals surface area contributed by atoms with Gasteiger partial charge >= 0.3 is 0 Å². The van der Waals surface area contributed by atoms with Gasteiger partial charge in [0.15, 0.2) is 0 Å². The topological polar surface area (TPSA) is 72.2 Å². The molecule has 2 aromatic rings. The van der Waals surface area contributed by atoms with Crippen molar-refractivity contribution in [3.05, 3.63) is 44.8 Å². The molecule has 0 saturated carbocycles. The molecule has 0 aliphatic carbocycles. The normalized spacial score (nSPS) is 13.3. The van der Waals surface area contributed by atoms with Crippen LogP contribution in [0.5, 0.6) is 0 Å². The monoisotopic (exact) mass is 392 g/mol. The van der Waals surface area contributed by atoms with Crippen molar-refractivity contribution in [2.75, 3.05) is 5.73 Å². The van der Waals surface area contributed by atoms with E-state index in [9.17, 15) is 12.8 Å². The zero-order valence-electron chi connectivity index (χ0n) is 11.1. The summed E-state index contributed by atoms with van der Waals surface area (Å²) in [6.45, 7) is 1.77. The highest BCUT2D eigenvalue weighted by molar-refractivity contribution is 9.10. The lowest BCUT2D eigenvalue weighted by molar-refractivity contribution is 0.559. The number of hydrogen-bond donors (Lipinski definition) is 2. The number of nitrogens with one attached hydrogen (secondary N) is 1. The second-order valence-corrected chi connectivity index (χ2v) is 7.98. The second kappa shape index (κ2) is 6.43. The lowest BCUT2D eigenvalue weighted by atomic mass is 10.1. The molecule has 0 aliphatic rings. The molecule has 114 valence electrons. The second-order valence-electron chi connectivity index (χ2n) is 4.66. The lowest BCUT2D eigenvalue weighted by Crippen LogP contribution is -2.34. The van der Waals surface area contributed by atoms with E-state index in [1.54, 1.807) is 18.3 Å². The van der Waals surface area contributed by atoms with Crippen molar-refractivity contribution in [2.45, 2.75) is 24.3 Å². The molecule has 1 aromatic carbocycles. The first-order valence-electron chi connectivity index (χ1n) is 6.07. The molecule has 0 aliphatic heterocycles. The summed E-state index contributed by atoms with van der Waals surface area (Å²) >= 11 is 4.52. The van der Waals surface area contributed by atoms with Crippen LogP contribution in [-0.2, 0) is 16.4 Å². The molecule has 0 saturated heterocycles. The number of rotatable bonds is 5. The Balaban J connectivity index is 2.20. The van der Waals surface area contributed by atoms with E-state index < -0.39 is 15.8 Å². The average Bonchev–Trinajstić information content (AvgIpc) is 2.85. The van der Waals surface area contributed by atoms with Crippen molar-refractivity contribution < 1.29 is 12.8 Å². The maximum absolute atomic E-state index is 13.3. The van der Waals surface area contributed by atoms with E-state index in [-0.39, 0.29) is 21.1 Å². The van der Waals surface area contributed by atoms with Gasteiger partial charge < -0.3 is 5.73 Å². The summed E-state index contributed by atoms with van der Waals surface area (Å²) in [5.41, 5.74) is 6.55. The van der Waals surface area contributed by atoms with Crippen molar-refractivity contribution in [3.63, 3.8) is 0 Å². The number of benzene rings is 1. The van der Waals surface area contributed by atoms with Crippen LogP contribution >= 0.6 is 27.3 Å². The third kappa shape index (κ3) is 4.03. The van der Waals surface area contributed by atoms with E-state index in [0.29, 0.717) is 6.42 Å². The molecule has 1 heterocycles. The molecule has 0 fully saturated rings. The molecule has 3 N–H and O–H groups in total. The van der Waals surface area contributed by atoms with Crippen LogP contribution in [0.4, 0.5) is 10.1 Å². The number of hydrogen-bond acceptors (Lipinski definition) is 4. The third-order valence-corrected chi connectivity index (χ3v) is 5.81. The molecule has 0 amide bonds. The molecular formula is C13H14BrFN2O2S2. The quantitative estimate of drug-likeness (QED) is 0.767. The number of halogens is 2. The minimum atomic E-state index is -3.80. The van der Waals surface area contributed by atoms with Crippen molar-refractivity contribution in [2.24, 2.45) is 0 Å². The molecule has 4 nitrogen and oxygen atoms in total. The van der Waals surface area contributed by atoms with E-state index in [2.05, 4.69) is 20.7 Å². The van der Waals surface area contributed by atoms with Gasteiger partial charge in [0.1, 0.15) is 10.7 Å². The Bertz CT molecular complexity index is 733. The maximum atomic E-state index is 13.3. The molecule has 1 aromatic heterocycles. The van der Waals surface area contributed by atoms with E-state index in [1.165, 1.54) is 6.07 Å². The van der Waals surface area contributed by atoms with Crippen LogP contribution in [0.3, 0.4) is 0 Å². The maximum Gasteiger partial charge on any atom is 0.242 e. The average molecular weight is 393 g/mol. The Labute approximate surface area is 135 Å². The number of nitrogen functional groups attached to an aromatic ring is 1. The van der Waals surface area contributed by atoms with E-state index in [1.807, 2.05) is 16.8 Å². The summed E-state index contributed by atoms with van der Waals surface area (Å²) in [6.07, 6.45) is 0.574. The van der Waals surface area contributed by atoms with E-state index in [0.717, 1.165) is 11.6 Å². The predicted molar refractivity (Wildman–Crippen MR) is 86.3 cm³/mol. The highest BCUT2D eigenvalue weighted by atomic mass is 79.9. The Kier molecular flexibility index (Phi) is 5.03. The van der Waals surface area contributed by atoms with Crippen molar-refractivity contribution in [3.8, 4) is 0 Å². The fourth-order valence-electron chi connectivity index (χ4n) is 1.91. The molecule has 8 heteroatoms. The molecule has 0 bridgehead atoms. The zero-order chi connectivity index (χ0) is 15.6. The molecular weight excluding hydrogens is 379 g/mol. The molecule has 0 radical (unpaired) electrons. The Hall–Kier alpha value is -0.960. The molecule has 1 atom stereocenters. The van der Waals surface area contributed by atoms with Gasteiger partial charge in [-0.25, -0.2) is 17.5 Å². The fourth-order valence-corrected chi connectivity index (χ4v) is 4.47. The number of sulfonamides is 1. The molecule has 2 rings (SSSR count). The molecule has 21 heavy (non-hydrogen) atoms. The molecule has 1 unspecified atom stereocenters. The van der Waals surface area contributed by atoms with Crippen molar-refractivity contribution in [1.82, 2.24) is 4.72 Å². The first-order chi connectivity index (χ1) is 9.79. The van der Waals surface area contributed by atoms with Crippen molar-refractivity contribution in [1.29, 1.82) is 0 Å². The van der Waals surface area contributed by atoms with E-state index >= 15 is 0 Å².